The molecule has 0 saturated carbocycles. The van der Waals surface area contributed by atoms with Gasteiger partial charge in [0.2, 0.25) is 0 Å². The van der Waals surface area contributed by atoms with Crippen molar-refractivity contribution in [1.29, 1.82) is 0 Å². The van der Waals surface area contributed by atoms with Gasteiger partial charge >= 0.3 is 12.1 Å². The van der Waals surface area contributed by atoms with Crippen LogP contribution in [0.3, 0.4) is 0 Å². The van der Waals surface area contributed by atoms with Gasteiger partial charge < -0.3 is 20.1 Å². The maximum atomic E-state index is 11.7. The van der Waals surface area contributed by atoms with Gasteiger partial charge in [0.05, 0.1) is 12.6 Å². The SMILES string of the molecule is CC(=O)O[C@H]1CN(C(=O)OC(C)(C)C)C[C@@H]1N. The first kappa shape index (κ1) is 13.8. The third-order valence-corrected chi connectivity index (χ3v) is 2.28. The first-order valence-electron chi connectivity index (χ1n) is 5.60. The minimum atomic E-state index is -0.541. The highest BCUT2D eigenvalue weighted by molar-refractivity contribution is 5.69. The number of amides is 1. The Morgan fingerprint density at radius 1 is 1.29 bits per heavy atom. The number of nitrogens with two attached hydrogens (primary N) is 1. The predicted molar refractivity (Wildman–Crippen MR) is 61.3 cm³/mol. The highest BCUT2D eigenvalue weighted by Crippen LogP contribution is 2.16. The standard InChI is InChI=1S/C11H20N2O4/c1-7(14)16-9-6-13(5-8(9)12)10(15)17-11(2,3)4/h8-9H,5-6,12H2,1-4H3/t8-,9-/m0/s1. The van der Waals surface area contributed by atoms with E-state index in [1.165, 1.54) is 11.8 Å². The molecule has 1 saturated heterocycles. The molecule has 1 aliphatic heterocycles. The molecule has 0 aromatic heterocycles. The number of hydrogen-bond acceptors (Lipinski definition) is 5. The molecule has 0 radical (unpaired) electrons. The fourth-order valence-corrected chi connectivity index (χ4v) is 1.61. The maximum Gasteiger partial charge on any atom is 0.410 e. The summed E-state index contributed by atoms with van der Waals surface area (Å²) in [6.45, 7) is 7.34. The number of hydrogen-bond donors (Lipinski definition) is 1. The molecule has 1 aliphatic rings. The Labute approximate surface area is 101 Å². The second-order valence-electron chi connectivity index (χ2n) is 5.20. The summed E-state index contributed by atoms with van der Waals surface area (Å²) in [6, 6.07) is -0.355. The van der Waals surface area contributed by atoms with Gasteiger partial charge in [-0.3, -0.25) is 4.79 Å². The van der Waals surface area contributed by atoms with E-state index in [4.69, 9.17) is 15.2 Å². The normalized spacial score (nSPS) is 24.6. The number of nitrogens with zero attached hydrogens (tertiary/aromatic N) is 1. The van der Waals surface area contributed by atoms with E-state index >= 15 is 0 Å². The largest absolute Gasteiger partial charge is 0.459 e. The van der Waals surface area contributed by atoms with Gasteiger partial charge in [-0.25, -0.2) is 4.79 Å². The molecule has 0 aromatic carbocycles. The summed E-state index contributed by atoms with van der Waals surface area (Å²) in [5.41, 5.74) is 5.25. The molecule has 0 unspecified atom stereocenters. The summed E-state index contributed by atoms with van der Waals surface area (Å²) in [5, 5.41) is 0. The Balaban J connectivity index is 2.53. The predicted octanol–water partition coefficient (Wildman–Crippen LogP) is 0.496. The third kappa shape index (κ3) is 4.22. The summed E-state index contributed by atoms with van der Waals surface area (Å²) in [6.07, 6.45) is -0.873. The van der Waals surface area contributed by atoms with Crippen molar-refractivity contribution in [3.63, 3.8) is 0 Å². The van der Waals surface area contributed by atoms with E-state index in [9.17, 15) is 9.59 Å². The third-order valence-electron chi connectivity index (χ3n) is 2.28. The summed E-state index contributed by atoms with van der Waals surface area (Å²) in [7, 11) is 0. The van der Waals surface area contributed by atoms with Crippen LogP contribution in [0.5, 0.6) is 0 Å². The summed E-state index contributed by atoms with van der Waals surface area (Å²) in [5.74, 6) is -0.392. The van der Waals surface area contributed by atoms with Crippen LogP contribution in [0.15, 0.2) is 0 Å². The van der Waals surface area contributed by atoms with Crippen LogP contribution < -0.4 is 5.73 Å². The summed E-state index contributed by atoms with van der Waals surface area (Å²) < 4.78 is 10.2. The number of ether oxygens (including phenoxy) is 2. The molecule has 6 heteroatoms. The average Bonchev–Trinajstić information content (AvgIpc) is 2.44. The van der Waals surface area contributed by atoms with Crippen molar-refractivity contribution in [1.82, 2.24) is 4.90 Å². The van der Waals surface area contributed by atoms with Gasteiger partial charge in [0.25, 0.3) is 0 Å². The number of carbonyl (C=O) groups excluding carboxylic acids is 2. The van der Waals surface area contributed by atoms with Crippen molar-refractivity contribution in [3.05, 3.63) is 0 Å². The lowest BCUT2D eigenvalue weighted by Gasteiger charge is -2.24. The van der Waals surface area contributed by atoms with Crippen molar-refractivity contribution < 1.29 is 19.1 Å². The zero-order valence-electron chi connectivity index (χ0n) is 10.7. The van der Waals surface area contributed by atoms with E-state index in [0.717, 1.165) is 0 Å². The van der Waals surface area contributed by atoms with E-state index < -0.39 is 23.8 Å². The lowest BCUT2D eigenvalue weighted by molar-refractivity contribution is -0.146. The van der Waals surface area contributed by atoms with Crippen molar-refractivity contribution in [3.8, 4) is 0 Å². The molecule has 2 N–H and O–H groups in total. The first-order chi connectivity index (χ1) is 7.69. The molecule has 1 fully saturated rings. The molecule has 0 spiro atoms. The molecule has 1 heterocycles. The smallest absolute Gasteiger partial charge is 0.410 e. The van der Waals surface area contributed by atoms with Crippen molar-refractivity contribution >= 4 is 12.1 Å². The minimum absolute atomic E-state index is 0.287. The zero-order valence-corrected chi connectivity index (χ0v) is 10.7. The Hall–Kier alpha value is -1.30. The number of rotatable bonds is 1. The van der Waals surface area contributed by atoms with Gasteiger partial charge in [-0.2, -0.15) is 0 Å². The average molecular weight is 244 g/mol. The minimum Gasteiger partial charge on any atom is -0.459 e. The van der Waals surface area contributed by atoms with Gasteiger partial charge in [0.15, 0.2) is 0 Å². The van der Waals surface area contributed by atoms with Crippen LogP contribution in [0.2, 0.25) is 0 Å². The van der Waals surface area contributed by atoms with Crippen LogP contribution in [0.25, 0.3) is 0 Å². The Kier molecular flexibility index (Phi) is 3.98. The Morgan fingerprint density at radius 2 is 1.88 bits per heavy atom. The molecular weight excluding hydrogens is 224 g/mol. The molecule has 0 bridgehead atoms. The zero-order chi connectivity index (χ0) is 13.2. The van der Waals surface area contributed by atoms with Gasteiger partial charge in [-0.05, 0) is 20.8 Å². The summed E-state index contributed by atoms with van der Waals surface area (Å²) >= 11 is 0. The van der Waals surface area contributed by atoms with Crippen LogP contribution in [0, 0.1) is 0 Å². The molecule has 6 nitrogen and oxygen atoms in total. The molecule has 98 valence electrons. The molecule has 0 aromatic rings. The lowest BCUT2D eigenvalue weighted by atomic mass is 10.2. The molecular formula is C11H20N2O4. The first-order valence-corrected chi connectivity index (χ1v) is 5.60. The van der Waals surface area contributed by atoms with E-state index in [1.54, 1.807) is 20.8 Å². The lowest BCUT2D eigenvalue weighted by Crippen LogP contribution is -2.37. The second kappa shape index (κ2) is 4.91. The van der Waals surface area contributed by atoms with Crippen LogP contribution >= 0.6 is 0 Å². The monoisotopic (exact) mass is 244 g/mol. The number of esters is 1. The topological polar surface area (TPSA) is 81.9 Å². The van der Waals surface area contributed by atoms with E-state index in [0.29, 0.717) is 6.54 Å². The van der Waals surface area contributed by atoms with Crippen LogP contribution in [-0.4, -0.2) is 47.8 Å². The fourth-order valence-electron chi connectivity index (χ4n) is 1.61. The van der Waals surface area contributed by atoms with E-state index in [1.807, 2.05) is 0 Å². The molecule has 1 rings (SSSR count). The van der Waals surface area contributed by atoms with Crippen molar-refractivity contribution in [2.75, 3.05) is 13.1 Å². The van der Waals surface area contributed by atoms with E-state index in [2.05, 4.69) is 0 Å². The fraction of sp³-hybridized carbons (Fsp3) is 0.818. The number of likely N-dealkylation sites (tertiary alicyclic amines) is 1. The molecule has 1 amide bonds. The van der Waals surface area contributed by atoms with Crippen LogP contribution in [-0.2, 0) is 14.3 Å². The van der Waals surface area contributed by atoms with Crippen LogP contribution in [0.1, 0.15) is 27.7 Å². The van der Waals surface area contributed by atoms with Gasteiger partial charge in [-0.1, -0.05) is 0 Å². The van der Waals surface area contributed by atoms with Crippen molar-refractivity contribution in [2.45, 2.75) is 45.4 Å². The van der Waals surface area contributed by atoms with Gasteiger partial charge in [0.1, 0.15) is 11.7 Å². The van der Waals surface area contributed by atoms with Crippen molar-refractivity contribution in [2.24, 2.45) is 5.73 Å². The second-order valence-corrected chi connectivity index (χ2v) is 5.20. The summed E-state index contributed by atoms with van der Waals surface area (Å²) in [4.78, 5) is 24.0. The van der Waals surface area contributed by atoms with E-state index in [-0.39, 0.29) is 12.6 Å². The molecule has 17 heavy (non-hydrogen) atoms. The van der Waals surface area contributed by atoms with Gasteiger partial charge in [0, 0.05) is 13.5 Å². The Morgan fingerprint density at radius 3 is 2.35 bits per heavy atom. The highest BCUT2D eigenvalue weighted by atomic mass is 16.6. The highest BCUT2D eigenvalue weighted by Gasteiger charge is 2.36. The quantitative estimate of drug-likeness (QED) is 0.679. The van der Waals surface area contributed by atoms with Gasteiger partial charge in [-0.15, -0.1) is 0 Å². The maximum absolute atomic E-state index is 11.7. The number of carbonyl (C=O) groups is 2. The van der Waals surface area contributed by atoms with Crippen LogP contribution in [0.4, 0.5) is 4.79 Å². The molecule has 0 aliphatic carbocycles. The molecule has 2 atom stereocenters. The Bertz CT molecular complexity index is 311.